The number of rotatable bonds is 2. The molecule has 0 saturated carbocycles. The van der Waals surface area contributed by atoms with Crippen LogP contribution in [-0.2, 0) is 9.47 Å². The highest BCUT2D eigenvalue weighted by atomic mass is 35.5. The molecule has 0 aliphatic carbocycles. The molecule has 3 unspecified atom stereocenters. The van der Waals surface area contributed by atoms with Gasteiger partial charge in [0.15, 0.2) is 5.22 Å². The van der Waals surface area contributed by atoms with Crippen molar-refractivity contribution in [1.29, 1.82) is 0 Å². The van der Waals surface area contributed by atoms with Gasteiger partial charge in [-0.3, -0.25) is 0 Å². The van der Waals surface area contributed by atoms with E-state index in [1.807, 2.05) is 0 Å². The number of hydrogen-bond donors (Lipinski definition) is 1. The molecule has 2 fully saturated rings. The van der Waals surface area contributed by atoms with Gasteiger partial charge in [-0.2, -0.15) is 0 Å². The Hall–Kier alpha value is -0.550. The Morgan fingerprint density at radius 2 is 2.28 bits per heavy atom. The van der Waals surface area contributed by atoms with E-state index in [0.29, 0.717) is 24.2 Å². The average molecular weight is 273 g/mol. The van der Waals surface area contributed by atoms with Crippen molar-refractivity contribution in [3.05, 3.63) is 23.1 Å². The Morgan fingerprint density at radius 3 is 2.94 bits per heavy atom. The molecule has 0 radical (unpaired) electrons. The highest BCUT2D eigenvalue weighted by molar-refractivity contribution is 6.28. The van der Waals surface area contributed by atoms with Crippen LogP contribution in [0.3, 0.4) is 0 Å². The molecule has 1 aromatic heterocycles. The molecule has 0 aromatic carbocycles. The van der Waals surface area contributed by atoms with Gasteiger partial charge in [0.05, 0.1) is 12.2 Å². The summed E-state index contributed by atoms with van der Waals surface area (Å²) in [5.74, 6) is 0.684. The summed E-state index contributed by atoms with van der Waals surface area (Å²) in [6, 6.07) is 3.40. The summed E-state index contributed by atoms with van der Waals surface area (Å²) in [5.41, 5.74) is -0.194. The maximum Gasteiger partial charge on any atom is 0.193 e. The highest BCUT2D eigenvalue weighted by Crippen LogP contribution is 2.41. The summed E-state index contributed by atoms with van der Waals surface area (Å²) in [7, 11) is 0. The molecular formula is C13H17ClO4. The van der Waals surface area contributed by atoms with E-state index in [0.717, 1.165) is 25.9 Å². The Kier molecular flexibility index (Phi) is 3.36. The van der Waals surface area contributed by atoms with E-state index in [1.165, 1.54) is 0 Å². The second-order valence-corrected chi connectivity index (χ2v) is 5.55. The van der Waals surface area contributed by atoms with Gasteiger partial charge in [0.2, 0.25) is 0 Å². The lowest BCUT2D eigenvalue weighted by molar-refractivity contribution is -0.119. The molecule has 1 aromatic rings. The molecule has 0 amide bonds. The van der Waals surface area contributed by atoms with Crippen molar-refractivity contribution in [2.45, 2.75) is 31.0 Å². The first-order valence-electron chi connectivity index (χ1n) is 6.34. The Bertz CT molecular complexity index is 411. The van der Waals surface area contributed by atoms with Crippen LogP contribution in [0.25, 0.3) is 0 Å². The summed E-state index contributed by atoms with van der Waals surface area (Å²) in [5, 5.41) is 10.7. The molecule has 3 atom stereocenters. The lowest BCUT2D eigenvalue weighted by Gasteiger charge is -2.38. The second kappa shape index (κ2) is 4.85. The number of ether oxygens (including phenoxy) is 2. The topological polar surface area (TPSA) is 51.8 Å². The zero-order valence-electron chi connectivity index (χ0n) is 10.1. The molecule has 3 heterocycles. The molecule has 3 rings (SSSR count). The van der Waals surface area contributed by atoms with Gasteiger partial charge in [-0.15, -0.1) is 0 Å². The van der Waals surface area contributed by atoms with Crippen LogP contribution in [0.2, 0.25) is 5.22 Å². The standard InChI is InChI=1S/C13H17ClO4/c14-11-2-1-10(18-11)12(15)9-3-5-17-13(7-9)4-6-16-8-13/h1-2,9,12,15H,3-8H2. The molecule has 0 bridgehead atoms. The largest absolute Gasteiger partial charge is 0.447 e. The van der Waals surface area contributed by atoms with Gasteiger partial charge < -0.3 is 19.0 Å². The third-order valence-electron chi connectivity index (χ3n) is 3.93. The van der Waals surface area contributed by atoms with Gasteiger partial charge in [-0.05, 0) is 42.5 Å². The fourth-order valence-corrected chi connectivity index (χ4v) is 3.07. The van der Waals surface area contributed by atoms with E-state index in [1.54, 1.807) is 12.1 Å². The molecule has 1 N–H and O–H groups in total. The van der Waals surface area contributed by atoms with Crippen molar-refractivity contribution in [1.82, 2.24) is 0 Å². The van der Waals surface area contributed by atoms with Crippen molar-refractivity contribution < 1.29 is 19.0 Å². The van der Waals surface area contributed by atoms with Gasteiger partial charge in [0.25, 0.3) is 0 Å². The number of halogens is 1. The highest BCUT2D eigenvalue weighted by Gasteiger charge is 2.43. The fraction of sp³-hybridized carbons (Fsp3) is 0.692. The fourth-order valence-electron chi connectivity index (χ4n) is 2.92. The normalized spacial score (nSPS) is 34.0. The van der Waals surface area contributed by atoms with Crippen molar-refractivity contribution in [2.24, 2.45) is 5.92 Å². The van der Waals surface area contributed by atoms with Crippen LogP contribution in [0.1, 0.15) is 31.1 Å². The molecular weight excluding hydrogens is 256 g/mol. The zero-order chi connectivity index (χ0) is 12.6. The molecule has 18 heavy (non-hydrogen) atoms. The van der Waals surface area contributed by atoms with Crippen LogP contribution in [0.4, 0.5) is 0 Å². The number of aliphatic hydroxyl groups excluding tert-OH is 1. The molecule has 2 saturated heterocycles. The van der Waals surface area contributed by atoms with Crippen LogP contribution < -0.4 is 0 Å². The van der Waals surface area contributed by atoms with Crippen molar-refractivity contribution in [3.8, 4) is 0 Å². The number of hydrogen-bond acceptors (Lipinski definition) is 4. The lowest BCUT2D eigenvalue weighted by Crippen LogP contribution is -2.41. The third-order valence-corrected chi connectivity index (χ3v) is 4.13. The molecule has 4 nitrogen and oxygen atoms in total. The summed E-state index contributed by atoms with van der Waals surface area (Å²) in [4.78, 5) is 0. The summed E-state index contributed by atoms with van der Waals surface area (Å²) >= 11 is 5.74. The minimum Gasteiger partial charge on any atom is -0.447 e. The van der Waals surface area contributed by atoms with Crippen molar-refractivity contribution in [3.63, 3.8) is 0 Å². The average Bonchev–Trinajstić information content (AvgIpc) is 2.98. The smallest absolute Gasteiger partial charge is 0.193 e. The van der Waals surface area contributed by atoms with Gasteiger partial charge in [0, 0.05) is 19.6 Å². The Balaban J connectivity index is 1.72. The van der Waals surface area contributed by atoms with E-state index in [4.69, 9.17) is 25.5 Å². The van der Waals surface area contributed by atoms with Crippen LogP contribution in [0.5, 0.6) is 0 Å². The van der Waals surface area contributed by atoms with Crippen LogP contribution >= 0.6 is 11.6 Å². The van der Waals surface area contributed by atoms with Gasteiger partial charge in [0.1, 0.15) is 11.9 Å². The Morgan fingerprint density at radius 1 is 1.39 bits per heavy atom. The van der Waals surface area contributed by atoms with E-state index in [-0.39, 0.29) is 11.5 Å². The second-order valence-electron chi connectivity index (χ2n) is 5.17. The van der Waals surface area contributed by atoms with Crippen LogP contribution in [-0.4, -0.2) is 30.5 Å². The third kappa shape index (κ3) is 2.30. The minimum atomic E-state index is -0.612. The quantitative estimate of drug-likeness (QED) is 0.899. The molecule has 2 aliphatic rings. The van der Waals surface area contributed by atoms with E-state index in [2.05, 4.69) is 0 Å². The zero-order valence-corrected chi connectivity index (χ0v) is 10.9. The van der Waals surface area contributed by atoms with E-state index in [9.17, 15) is 5.11 Å². The van der Waals surface area contributed by atoms with Gasteiger partial charge in [-0.25, -0.2) is 0 Å². The maximum absolute atomic E-state index is 10.4. The maximum atomic E-state index is 10.4. The predicted octanol–water partition coefficient (Wildman–Crippen LogP) is 2.55. The molecule has 1 spiro atoms. The number of furan rings is 1. The summed E-state index contributed by atoms with van der Waals surface area (Å²) in [6.07, 6.45) is 1.95. The first kappa shape index (κ1) is 12.5. The number of aliphatic hydroxyl groups is 1. The van der Waals surface area contributed by atoms with Crippen molar-refractivity contribution >= 4 is 11.6 Å². The van der Waals surface area contributed by atoms with E-state index >= 15 is 0 Å². The van der Waals surface area contributed by atoms with Crippen LogP contribution in [0, 0.1) is 5.92 Å². The lowest BCUT2D eigenvalue weighted by atomic mass is 9.81. The first-order valence-corrected chi connectivity index (χ1v) is 6.71. The van der Waals surface area contributed by atoms with Crippen molar-refractivity contribution in [2.75, 3.05) is 19.8 Å². The van der Waals surface area contributed by atoms with Gasteiger partial charge >= 0.3 is 0 Å². The monoisotopic (exact) mass is 272 g/mol. The Labute approximate surface area is 111 Å². The molecule has 5 heteroatoms. The predicted molar refractivity (Wildman–Crippen MR) is 65.5 cm³/mol. The SMILES string of the molecule is OC(c1ccc(Cl)o1)C1CCOC2(CCOC2)C1. The first-order chi connectivity index (χ1) is 8.69. The summed E-state index contributed by atoms with van der Waals surface area (Å²) < 4.78 is 16.6. The molecule has 100 valence electrons. The summed E-state index contributed by atoms with van der Waals surface area (Å²) in [6.45, 7) is 2.05. The van der Waals surface area contributed by atoms with Gasteiger partial charge in [-0.1, -0.05) is 0 Å². The minimum absolute atomic E-state index is 0.141. The molecule has 2 aliphatic heterocycles. The van der Waals surface area contributed by atoms with Crippen LogP contribution in [0.15, 0.2) is 16.5 Å². The van der Waals surface area contributed by atoms with E-state index < -0.39 is 6.10 Å².